The molecule has 0 aliphatic carbocycles. The van der Waals surface area contributed by atoms with Crippen LogP contribution in [0.4, 0.5) is 5.82 Å². The quantitative estimate of drug-likeness (QED) is 0.503. The van der Waals surface area contributed by atoms with Crippen molar-refractivity contribution in [2.45, 2.75) is 25.4 Å². The van der Waals surface area contributed by atoms with Crippen molar-refractivity contribution in [1.29, 1.82) is 0 Å². The number of likely N-dealkylation sites (tertiary alicyclic amines) is 1. The highest BCUT2D eigenvalue weighted by Gasteiger charge is 2.19. The summed E-state index contributed by atoms with van der Waals surface area (Å²) in [5.74, 6) is 1.35. The lowest BCUT2D eigenvalue weighted by Gasteiger charge is -2.32. The first-order valence-electron chi connectivity index (χ1n) is 11.2. The van der Waals surface area contributed by atoms with Gasteiger partial charge in [-0.05, 0) is 42.7 Å². The molecule has 1 aliphatic rings. The van der Waals surface area contributed by atoms with Crippen LogP contribution in [-0.4, -0.2) is 48.1 Å². The maximum absolute atomic E-state index is 12.5. The van der Waals surface area contributed by atoms with E-state index >= 15 is 0 Å². The van der Waals surface area contributed by atoms with Gasteiger partial charge >= 0.3 is 0 Å². The molecule has 3 aromatic rings. The second kappa shape index (κ2) is 11.3. The lowest BCUT2D eigenvalue weighted by Crippen LogP contribution is -2.38. The zero-order valence-electron chi connectivity index (χ0n) is 18.2. The Morgan fingerprint density at radius 1 is 0.938 bits per heavy atom. The van der Waals surface area contributed by atoms with Crippen LogP contribution in [0, 0.1) is 0 Å². The Kier molecular flexibility index (Phi) is 7.71. The van der Waals surface area contributed by atoms with Crippen molar-refractivity contribution in [3.8, 4) is 5.75 Å². The Morgan fingerprint density at radius 2 is 1.66 bits per heavy atom. The number of aromatic nitrogens is 1. The van der Waals surface area contributed by atoms with Crippen LogP contribution in [0.2, 0.25) is 0 Å². The lowest BCUT2D eigenvalue weighted by molar-refractivity contribution is 0.0942. The van der Waals surface area contributed by atoms with Gasteiger partial charge in [-0.1, -0.05) is 54.6 Å². The predicted octanol–water partition coefficient (Wildman–Crippen LogP) is 3.97. The van der Waals surface area contributed by atoms with Crippen molar-refractivity contribution >= 4 is 11.7 Å². The Labute approximate surface area is 189 Å². The fourth-order valence-electron chi connectivity index (χ4n) is 3.87. The maximum atomic E-state index is 12.5. The normalized spacial score (nSPS) is 14.6. The molecule has 6 heteroatoms. The minimum Gasteiger partial charge on any atom is -0.492 e. The largest absolute Gasteiger partial charge is 0.492 e. The SMILES string of the molecule is O=C(NCCOc1ccccc1)c1cccc(NC2CCN(Cc3ccccc3)CC2)n1. The summed E-state index contributed by atoms with van der Waals surface area (Å²) < 4.78 is 5.61. The van der Waals surface area contributed by atoms with Gasteiger partial charge in [-0.15, -0.1) is 0 Å². The molecule has 0 unspecified atom stereocenters. The average Bonchev–Trinajstić information content (AvgIpc) is 2.84. The van der Waals surface area contributed by atoms with E-state index in [4.69, 9.17) is 4.74 Å². The van der Waals surface area contributed by atoms with Crippen molar-refractivity contribution in [2.75, 3.05) is 31.6 Å². The van der Waals surface area contributed by atoms with Gasteiger partial charge < -0.3 is 15.4 Å². The molecule has 0 radical (unpaired) electrons. The molecule has 1 aliphatic heterocycles. The van der Waals surface area contributed by atoms with E-state index in [-0.39, 0.29) is 5.91 Å². The third-order valence-electron chi connectivity index (χ3n) is 5.57. The molecule has 166 valence electrons. The fourth-order valence-corrected chi connectivity index (χ4v) is 3.87. The summed E-state index contributed by atoms with van der Waals surface area (Å²) in [5.41, 5.74) is 1.77. The minimum absolute atomic E-state index is 0.192. The number of benzene rings is 2. The van der Waals surface area contributed by atoms with Gasteiger partial charge in [0.05, 0.1) is 6.54 Å². The molecular formula is C26H30N4O2. The third kappa shape index (κ3) is 6.56. The number of hydrogen-bond donors (Lipinski definition) is 2. The molecule has 2 N–H and O–H groups in total. The zero-order chi connectivity index (χ0) is 22.0. The number of piperidine rings is 1. The molecule has 6 nitrogen and oxygen atoms in total. The molecular weight excluding hydrogens is 400 g/mol. The Hall–Kier alpha value is -3.38. The number of nitrogens with one attached hydrogen (secondary N) is 2. The maximum Gasteiger partial charge on any atom is 0.270 e. The molecule has 32 heavy (non-hydrogen) atoms. The highest BCUT2D eigenvalue weighted by molar-refractivity contribution is 5.92. The molecule has 1 amide bonds. The summed E-state index contributed by atoms with van der Waals surface area (Å²) in [7, 11) is 0. The van der Waals surface area contributed by atoms with Crippen LogP contribution >= 0.6 is 0 Å². The smallest absolute Gasteiger partial charge is 0.270 e. The molecule has 1 fully saturated rings. The van der Waals surface area contributed by atoms with Crippen molar-refractivity contribution in [2.24, 2.45) is 0 Å². The summed E-state index contributed by atoms with van der Waals surface area (Å²) in [5, 5.41) is 6.37. The first-order valence-corrected chi connectivity index (χ1v) is 11.2. The molecule has 2 heterocycles. The van der Waals surface area contributed by atoms with Crippen LogP contribution < -0.4 is 15.4 Å². The van der Waals surface area contributed by atoms with E-state index in [0.29, 0.717) is 24.9 Å². The van der Waals surface area contributed by atoms with Gasteiger partial charge in [-0.3, -0.25) is 9.69 Å². The van der Waals surface area contributed by atoms with E-state index in [9.17, 15) is 4.79 Å². The first kappa shape index (κ1) is 21.8. The number of carbonyl (C=O) groups is 1. The van der Waals surface area contributed by atoms with Gasteiger partial charge in [0.1, 0.15) is 23.9 Å². The molecule has 0 bridgehead atoms. The highest BCUT2D eigenvalue weighted by atomic mass is 16.5. The molecule has 1 saturated heterocycles. The summed E-state index contributed by atoms with van der Waals surface area (Å²) in [4.78, 5) is 19.5. The number of carbonyl (C=O) groups excluding carboxylic acids is 1. The van der Waals surface area contributed by atoms with E-state index in [1.807, 2.05) is 42.5 Å². The van der Waals surface area contributed by atoms with Gasteiger partial charge in [0.2, 0.25) is 0 Å². The van der Waals surface area contributed by atoms with Crippen LogP contribution in [0.3, 0.4) is 0 Å². The van der Waals surface area contributed by atoms with Gasteiger partial charge in [0.25, 0.3) is 5.91 Å². The average molecular weight is 431 g/mol. The molecule has 2 aromatic carbocycles. The van der Waals surface area contributed by atoms with Gasteiger partial charge in [0, 0.05) is 25.7 Å². The molecule has 0 saturated carbocycles. The standard InChI is InChI=1S/C26H30N4O2/c31-26(27-16-19-32-23-10-5-2-6-11-23)24-12-7-13-25(29-24)28-22-14-17-30(18-15-22)20-21-8-3-1-4-9-21/h1-13,22H,14-20H2,(H,27,31)(H,28,29). The van der Waals surface area contributed by atoms with E-state index in [0.717, 1.165) is 44.0 Å². The Bertz CT molecular complexity index is 973. The second-order valence-corrected chi connectivity index (χ2v) is 8.01. The highest BCUT2D eigenvalue weighted by Crippen LogP contribution is 2.17. The molecule has 0 spiro atoms. The number of hydrogen-bond acceptors (Lipinski definition) is 5. The number of pyridine rings is 1. The number of ether oxygens (including phenoxy) is 1. The van der Waals surface area contributed by atoms with Crippen molar-refractivity contribution in [1.82, 2.24) is 15.2 Å². The van der Waals surface area contributed by atoms with Crippen LogP contribution in [-0.2, 0) is 6.54 Å². The van der Waals surface area contributed by atoms with Gasteiger partial charge in [0.15, 0.2) is 0 Å². The van der Waals surface area contributed by atoms with Crippen molar-refractivity contribution in [3.63, 3.8) is 0 Å². The summed E-state index contributed by atoms with van der Waals surface area (Å²) in [6.45, 7) is 3.93. The second-order valence-electron chi connectivity index (χ2n) is 8.01. The summed E-state index contributed by atoms with van der Waals surface area (Å²) in [6, 6.07) is 26.1. The molecule has 1 aromatic heterocycles. The van der Waals surface area contributed by atoms with Gasteiger partial charge in [-0.2, -0.15) is 0 Å². The summed E-state index contributed by atoms with van der Waals surface area (Å²) >= 11 is 0. The lowest BCUT2D eigenvalue weighted by atomic mass is 10.0. The topological polar surface area (TPSA) is 66.5 Å². The number of para-hydroxylation sites is 1. The third-order valence-corrected chi connectivity index (χ3v) is 5.57. The first-order chi connectivity index (χ1) is 15.8. The van der Waals surface area contributed by atoms with Crippen LogP contribution in [0.25, 0.3) is 0 Å². The number of amides is 1. The van der Waals surface area contributed by atoms with Crippen LogP contribution in [0.1, 0.15) is 28.9 Å². The minimum atomic E-state index is -0.192. The number of anilines is 1. The monoisotopic (exact) mass is 430 g/mol. The van der Waals surface area contributed by atoms with Gasteiger partial charge in [-0.25, -0.2) is 4.98 Å². The zero-order valence-corrected chi connectivity index (χ0v) is 18.2. The van der Waals surface area contributed by atoms with Crippen LogP contribution in [0.5, 0.6) is 5.75 Å². The summed E-state index contributed by atoms with van der Waals surface area (Å²) in [6.07, 6.45) is 2.11. The molecule has 0 atom stereocenters. The van der Waals surface area contributed by atoms with Crippen molar-refractivity contribution in [3.05, 3.63) is 90.1 Å². The Morgan fingerprint density at radius 3 is 2.41 bits per heavy atom. The van der Waals surface area contributed by atoms with Crippen LogP contribution in [0.15, 0.2) is 78.9 Å². The van der Waals surface area contributed by atoms with Crippen molar-refractivity contribution < 1.29 is 9.53 Å². The molecule has 4 rings (SSSR count). The Balaban J connectivity index is 1.20. The number of nitrogens with zero attached hydrogens (tertiary/aromatic N) is 2. The predicted molar refractivity (Wildman–Crippen MR) is 127 cm³/mol. The van der Waals surface area contributed by atoms with E-state index in [1.165, 1.54) is 5.56 Å². The van der Waals surface area contributed by atoms with E-state index in [1.54, 1.807) is 6.07 Å². The number of rotatable bonds is 9. The fraction of sp³-hybridized carbons (Fsp3) is 0.308. The van der Waals surface area contributed by atoms with E-state index < -0.39 is 0 Å². The van der Waals surface area contributed by atoms with E-state index in [2.05, 4.69) is 50.8 Å².